The van der Waals surface area contributed by atoms with Crippen LogP contribution in [0.1, 0.15) is 12.2 Å². The Balaban J connectivity index is 1.73. The van der Waals surface area contributed by atoms with Crippen LogP contribution in [0.2, 0.25) is 5.02 Å². The summed E-state index contributed by atoms with van der Waals surface area (Å²) < 4.78 is 0. The highest BCUT2D eigenvalue weighted by molar-refractivity contribution is 6.31. The van der Waals surface area contributed by atoms with Crippen LogP contribution in [0.15, 0.2) is 23.0 Å². The van der Waals surface area contributed by atoms with Gasteiger partial charge < -0.3 is 10.1 Å². The molecule has 3 rings (SSSR count). The first-order valence-corrected chi connectivity index (χ1v) is 7.01. The van der Waals surface area contributed by atoms with Crippen LogP contribution < -0.4 is 5.56 Å². The summed E-state index contributed by atoms with van der Waals surface area (Å²) in [6, 6.07) is 5.02. The molecule has 1 aromatic carbocycles. The minimum Gasteiger partial charge on any atom is -0.481 e. The van der Waals surface area contributed by atoms with Crippen LogP contribution >= 0.6 is 11.6 Å². The van der Waals surface area contributed by atoms with Crippen LogP contribution in [0.3, 0.4) is 0 Å². The van der Waals surface area contributed by atoms with Crippen LogP contribution in [0.5, 0.6) is 0 Å². The Labute approximate surface area is 125 Å². The Morgan fingerprint density at radius 1 is 1.48 bits per heavy atom. The third-order valence-corrected chi connectivity index (χ3v) is 3.82. The monoisotopic (exact) mass is 307 g/mol. The third kappa shape index (κ3) is 3.06. The molecule has 0 saturated carbocycles. The summed E-state index contributed by atoms with van der Waals surface area (Å²) in [5.41, 5.74) is 0.404. The van der Waals surface area contributed by atoms with E-state index in [4.69, 9.17) is 16.7 Å². The van der Waals surface area contributed by atoms with Crippen molar-refractivity contribution in [1.29, 1.82) is 0 Å². The Morgan fingerprint density at radius 3 is 2.95 bits per heavy atom. The number of hydrogen-bond donors (Lipinski definition) is 2. The van der Waals surface area contributed by atoms with E-state index < -0.39 is 5.97 Å². The largest absolute Gasteiger partial charge is 0.481 e. The predicted octanol–water partition coefficient (Wildman–Crippen LogP) is 1.48. The molecule has 1 aromatic heterocycles. The molecule has 6 nitrogen and oxygen atoms in total. The number of carboxylic acids is 1. The highest BCUT2D eigenvalue weighted by Gasteiger charge is 2.28. The fraction of sp³-hybridized carbons (Fsp3) is 0.357. The van der Waals surface area contributed by atoms with Crippen LogP contribution in [0.4, 0.5) is 0 Å². The molecule has 1 aliphatic rings. The van der Waals surface area contributed by atoms with E-state index in [1.54, 1.807) is 18.2 Å². The first-order valence-electron chi connectivity index (χ1n) is 6.64. The molecule has 1 saturated heterocycles. The molecule has 1 aliphatic heterocycles. The number of carbonyl (C=O) groups is 1. The van der Waals surface area contributed by atoms with Gasteiger partial charge in [0.1, 0.15) is 5.82 Å². The van der Waals surface area contributed by atoms with Crippen molar-refractivity contribution in [1.82, 2.24) is 14.9 Å². The molecular formula is C14H14ClN3O3. The van der Waals surface area contributed by atoms with Gasteiger partial charge in [0, 0.05) is 18.1 Å². The molecule has 2 heterocycles. The zero-order chi connectivity index (χ0) is 15.0. The Morgan fingerprint density at radius 2 is 2.24 bits per heavy atom. The van der Waals surface area contributed by atoms with Gasteiger partial charge in [0.05, 0.1) is 23.9 Å². The first-order chi connectivity index (χ1) is 10.0. The Hall–Kier alpha value is -1.92. The van der Waals surface area contributed by atoms with Gasteiger partial charge in [-0.25, -0.2) is 4.98 Å². The minimum absolute atomic E-state index is 0.188. The average Bonchev–Trinajstić information content (AvgIpc) is 2.37. The lowest BCUT2D eigenvalue weighted by Crippen LogP contribution is -2.47. The third-order valence-electron chi connectivity index (χ3n) is 3.59. The Bertz CT molecular complexity index is 753. The zero-order valence-electron chi connectivity index (χ0n) is 11.2. The number of aromatic amines is 1. The van der Waals surface area contributed by atoms with Crippen LogP contribution in [-0.4, -0.2) is 39.0 Å². The second kappa shape index (κ2) is 5.46. The highest BCUT2D eigenvalue weighted by atomic mass is 35.5. The maximum atomic E-state index is 12.0. The van der Waals surface area contributed by atoms with Crippen molar-refractivity contribution < 1.29 is 9.90 Å². The number of rotatable bonds is 4. The molecule has 0 unspecified atom stereocenters. The summed E-state index contributed by atoms with van der Waals surface area (Å²) in [6.45, 7) is 1.95. The van der Waals surface area contributed by atoms with Gasteiger partial charge in [-0.1, -0.05) is 11.6 Å². The smallest absolute Gasteiger partial charge is 0.303 e. The number of benzene rings is 1. The molecule has 0 amide bonds. The van der Waals surface area contributed by atoms with E-state index >= 15 is 0 Å². The predicted molar refractivity (Wildman–Crippen MR) is 78.4 cm³/mol. The van der Waals surface area contributed by atoms with Gasteiger partial charge in [-0.15, -0.1) is 0 Å². The molecule has 0 spiro atoms. The molecule has 0 aliphatic carbocycles. The molecule has 0 bridgehead atoms. The minimum atomic E-state index is -0.770. The summed E-state index contributed by atoms with van der Waals surface area (Å²) >= 11 is 5.87. The van der Waals surface area contributed by atoms with Gasteiger partial charge in [-0.2, -0.15) is 0 Å². The van der Waals surface area contributed by atoms with Crippen molar-refractivity contribution in [2.45, 2.75) is 13.0 Å². The van der Waals surface area contributed by atoms with Gasteiger partial charge in [0.2, 0.25) is 0 Å². The maximum absolute atomic E-state index is 12.0. The number of hydrogen-bond acceptors (Lipinski definition) is 4. The fourth-order valence-electron chi connectivity index (χ4n) is 2.63. The number of fused-ring (bicyclic) bond motifs is 1. The molecule has 110 valence electrons. The number of carboxylic acid groups (broad SMARTS) is 1. The number of nitrogens with zero attached hydrogens (tertiary/aromatic N) is 2. The average molecular weight is 308 g/mol. The number of nitrogens with one attached hydrogen (secondary N) is 1. The lowest BCUT2D eigenvalue weighted by molar-refractivity contribution is -0.139. The van der Waals surface area contributed by atoms with E-state index in [2.05, 4.69) is 14.9 Å². The summed E-state index contributed by atoms with van der Waals surface area (Å²) in [4.78, 5) is 31.8. The van der Waals surface area contributed by atoms with Crippen molar-refractivity contribution in [3.05, 3.63) is 39.4 Å². The molecular weight excluding hydrogens is 294 g/mol. The first kappa shape index (κ1) is 14.0. The highest BCUT2D eigenvalue weighted by Crippen LogP contribution is 2.21. The molecule has 1 fully saturated rings. The zero-order valence-corrected chi connectivity index (χ0v) is 11.9. The fourth-order valence-corrected chi connectivity index (χ4v) is 2.80. The van der Waals surface area contributed by atoms with Crippen LogP contribution in [0.25, 0.3) is 10.9 Å². The van der Waals surface area contributed by atoms with Gasteiger partial charge in [0.25, 0.3) is 5.56 Å². The molecule has 2 aromatic rings. The Kier molecular flexibility index (Phi) is 3.65. The number of likely N-dealkylation sites (tertiary alicyclic amines) is 1. The van der Waals surface area contributed by atoms with E-state index in [0.29, 0.717) is 41.4 Å². The van der Waals surface area contributed by atoms with Crippen molar-refractivity contribution in [3.63, 3.8) is 0 Å². The number of H-pyrrole nitrogens is 1. The number of halogens is 1. The molecule has 7 heteroatoms. The van der Waals surface area contributed by atoms with E-state index in [1.165, 1.54) is 0 Å². The topological polar surface area (TPSA) is 86.3 Å². The second-order valence-corrected chi connectivity index (χ2v) is 5.77. The van der Waals surface area contributed by atoms with Gasteiger partial charge in [-0.05, 0) is 24.1 Å². The van der Waals surface area contributed by atoms with Crippen molar-refractivity contribution in [2.24, 2.45) is 5.92 Å². The molecule has 2 N–H and O–H groups in total. The van der Waals surface area contributed by atoms with E-state index in [0.717, 1.165) is 0 Å². The van der Waals surface area contributed by atoms with Gasteiger partial charge >= 0.3 is 5.97 Å². The summed E-state index contributed by atoms with van der Waals surface area (Å²) in [6.07, 6.45) is 0.191. The molecule has 0 radical (unpaired) electrons. The maximum Gasteiger partial charge on any atom is 0.303 e. The quantitative estimate of drug-likeness (QED) is 0.893. The van der Waals surface area contributed by atoms with Crippen molar-refractivity contribution in [3.8, 4) is 0 Å². The standard InChI is InChI=1S/C14H14ClN3O3/c15-9-1-2-11-10(4-9)14(21)17-12(16-11)7-18-5-8(6-18)3-13(19)20/h1-2,4,8H,3,5-7H2,(H,19,20)(H,16,17,21). The SMILES string of the molecule is O=C(O)CC1CN(Cc2nc3ccc(Cl)cc3c(=O)[nH]2)C1. The molecule has 0 atom stereocenters. The lowest BCUT2D eigenvalue weighted by atomic mass is 9.96. The van der Waals surface area contributed by atoms with E-state index in [-0.39, 0.29) is 17.9 Å². The van der Waals surface area contributed by atoms with Gasteiger partial charge in [0.15, 0.2) is 0 Å². The van der Waals surface area contributed by atoms with Crippen molar-refractivity contribution in [2.75, 3.05) is 13.1 Å². The number of aromatic nitrogens is 2. The lowest BCUT2D eigenvalue weighted by Gasteiger charge is -2.38. The molecule has 21 heavy (non-hydrogen) atoms. The van der Waals surface area contributed by atoms with Crippen LogP contribution in [-0.2, 0) is 11.3 Å². The van der Waals surface area contributed by atoms with E-state index in [9.17, 15) is 9.59 Å². The summed E-state index contributed by atoms with van der Waals surface area (Å²) in [7, 11) is 0. The number of aliphatic carboxylic acids is 1. The summed E-state index contributed by atoms with van der Waals surface area (Å²) in [5.74, 6) is 0.00541. The normalized spacial score (nSPS) is 16.0. The van der Waals surface area contributed by atoms with E-state index in [1.807, 2.05) is 0 Å². The second-order valence-electron chi connectivity index (χ2n) is 5.33. The van der Waals surface area contributed by atoms with Gasteiger partial charge in [-0.3, -0.25) is 14.5 Å². The van der Waals surface area contributed by atoms with Crippen LogP contribution in [0, 0.1) is 5.92 Å². The van der Waals surface area contributed by atoms with Crippen molar-refractivity contribution >= 4 is 28.5 Å². The summed E-state index contributed by atoms with van der Waals surface area (Å²) in [5, 5.41) is 9.69.